The standard InChI is InChI=1S/C18H27N3O3.2C2HF3O2/c1-20(2)18(22)13-23-12-15-5-6-16-17(24-15)7-9-21(16)11-14-4-3-8-19-10-14;2*3-2(4,5)1(6)7/h3-4,8,10,15-17H,5-7,9,11-13H2,1-2H3;2*(H,6,7)/t15?,16-,17-;;/m0../s1. The number of carboxylic acids is 2. The number of halogens is 6. The number of aliphatic carboxylic acids is 2. The first-order valence-corrected chi connectivity index (χ1v) is 11.2. The summed E-state index contributed by atoms with van der Waals surface area (Å²) in [5, 5.41) is 14.2. The van der Waals surface area contributed by atoms with Crippen LogP contribution in [0.25, 0.3) is 0 Å². The molecule has 3 atom stereocenters. The molecule has 2 aliphatic heterocycles. The fraction of sp³-hybridized carbons (Fsp3) is 0.636. The SMILES string of the molecule is CN(C)C(=O)COCC1CC[C@H]2[C@H](CCN2Cc2cccnc2)O1.O=C(O)C(F)(F)F.O=C(O)C(F)(F)F. The van der Waals surface area contributed by atoms with Gasteiger partial charge in [0.25, 0.3) is 0 Å². The normalized spacial score (nSPS) is 21.2. The molecule has 0 bridgehead atoms. The average molecular weight is 561 g/mol. The molecular formula is C22H29F6N3O7. The summed E-state index contributed by atoms with van der Waals surface area (Å²) in [6, 6.07) is 4.61. The number of fused-ring (bicyclic) bond motifs is 1. The monoisotopic (exact) mass is 561 g/mol. The summed E-state index contributed by atoms with van der Waals surface area (Å²) < 4.78 is 75.2. The zero-order chi connectivity index (χ0) is 29.1. The van der Waals surface area contributed by atoms with Crippen molar-refractivity contribution in [2.45, 2.75) is 56.4 Å². The number of carbonyl (C=O) groups excluding carboxylic acids is 1. The van der Waals surface area contributed by atoms with Gasteiger partial charge in [-0.3, -0.25) is 14.7 Å². The van der Waals surface area contributed by atoms with Gasteiger partial charge in [-0.15, -0.1) is 0 Å². The second-order valence-corrected chi connectivity index (χ2v) is 8.47. The van der Waals surface area contributed by atoms with Crippen molar-refractivity contribution in [3.05, 3.63) is 30.1 Å². The Morgan fingerprint density at radius 2 is 1.66 bits per heavy atom. The van der Waals surface area contributed by atoms with Gasteiger partial charge in [0, 0.05) is 45.6 Å². The highest BCUT2D eigenvalue weighted by atomic mass is 19.4. The van der Waals surface area contributed by atoms with Crippen LogP contribution in [0.3, 0.4) is 0 Å². The van der Waals surface area contributed by atoms with Gasteiger partial charge in [-0.05, 0) is 30.9 Å². The molecule has 2 N–H and O–H groups in total. The molecule has 38 heavy (non-hydrogen) atoms. The number of pyridine rings is 1. The number of hydrogen-bond acceptors (Lipinski definition) is 7. The molecule has 1 unspecified atom stereocenters. The first-order valence-electron chi connectivity index (χ1n) is 11.2. The van der Waals surface area contributed by atoms with Crippen LogP contribution in [0.15, 0.2) is 24.5 Å². The smallest absolute Gasteiger partial charge is 0.475 e. The fourth-order valence-corrected chi connectivity index (χ4v) is 3.54. The van der Waals surface area contributed by atoms with E-state index in [1.165, 1.54) is 5.56 Å². The van der Waals surface area contributed by atoms with E-state index in [0.717, 1.165) is 32.4 Å². The summed E-state index contributed by atoms with van der Waals surface area (Å²) >= 11 is 0. The molecule has 16 heteroatoms. The van der Waals surface area contributed by atoms with E-state index in [1.807, 2.05) is 18.5 Å². The largest absolute Gasteiger partial charge is 0.490 e. The van der Waals surface area contributed by atoms with E-state index in [9.17, 15) is 31.1 Å². The lowest BCUT2D eigenvalue weighted by atomic mass is 9.99. The van der Waals surface area contributed by atoms with Crippen molar-refractivity contribution in [3.8, 4) is 0 Å². The van der Waals surface area contributed by atoms with E-state index in [0.29, 0.717) is 12.6 Å². The number of likely N-dealkylation sites (N-methyl/N-ethyl adjacent to an activating group) is 1. The Morgan fingerprint density at radius 1 is 1.08 bits per heavy atom. The van der Waals surface area contributed by atoms with Gasteiger partial charge in [0.1, 0.15) is 6.61 Å². The highest BCUT2D eigenvalue weighted by Crippen LogP contribution is 2.32. The van der Waals surface area contributed by atoms with E-state index in [2.05, 4.69) is 16.0 Å². The second-order valence-electron chi connectivity index (χ2n) is 8.47. The molecule has 0 aliphatic carbocycles. The van der Waals surface area contributed by atoms with Gasteiger partial charge in [0.15, 0.2) is 0 Å². The van der Waals surface area contributed by atoms with Gasteiger partial charge in [-0.2, -0.15) is 26.3 Å². The van der Waals surface area contributed by atoms with E-state index in [-0.39, 0.29) is 24.7 Å². The summed E-state index contributed by atoms with van der Waals surface area (Å²) in [6.45, 7) is 2.65. The van der Waals surface area contributed by atoms with Crippen LogP contribution in [0, 0.1) is 0 Å². The third-order valence-corrected chi connectivity index (χ3v) is 5.37. The van der Waals surface area contributed by atoms with Gasteiger partial charge < -0.3 is 24.6 Å². The summed E-state index contributed by atoms with van der Waals surface area (Å²) in [6.07, 6.45) is -2.84. The van der Waals surface area contributed by atoms with Crippen molar-refractivity contribution in [1.82, 2.24) is 14.8 Å². The van der Waals surface area contributed by atoms with Crippen molar-refractivity contribution >= 4 is 17.8 Å². The maximum absolute atomic E-state index is 11.5. The summed E-state index contributed by atoms with van der Waals surface area (Å²) in [5.74, 6) is -5.52. The highest BCUT2D eigenvalue weighted by molar-refractivity contribution is 5.76. The van der Waals surface area contributed by atoms with Crippen LogP contribution in [-0.2, 0) is 30.4 Å². The van der Waals surface area contributed by atoms with Crippen LogP contribution < -0.4 is 0 Å². The van der Waals surface area contributed by atoms with Crippen LogP contribution in [0.1, 0.15) is 24.8 Å². The number of amides is 1. The second kappa shape index (κ2) is 14.8. The average Bonchev–Trinajstić information content (AvgIpc) is 3.21. The number of carboxylic acid groups (broad SMARTS) is 2. The Morgan fingerprint density at radius 3 is 2.13 bits per heavy atom. The topological polar surface area (TPSA) is 130 Å². The molecule has 0 spiro atoms. The minimum absolute atomic E-state index is 0.00722. The van der Waals surface area contributed by atoms with Crippen molar-refractivity contribution in [2.75, 3.05) is 33.9 Å². The summed E-state index contributed by atoms with van der Waals surface area (Å²) in [7, 11) is 3.48. The number of hydrogen-bond donors (Lipinski definition) is 2. The number of ether oxygens (including phenoxy) is 2. The van der Waals surface area contributed by atoms with Crippen molar-refractivity contribution < 1.29 is 60.4 Å². The van der Waals surface area contributed by atoms with Gasteiger partial charge in [0.2, 0.25) is 5.91 Å². The molecule has 2 saturated heterocycles. The van der Waals surface area contributed by atoms with E-state index in [1.54, 1.807) is 19.0 Å². The maximum atomic E-state index is 11.5. The number of carbonyl (C=O) groups is 3. The molecule has 1 aromatic heterocycles. The van der Waals surface area contributed by atoms with Crippen LogP contribution in [-0.4, -0.2) is 107 Å². The molecule has 2 aliphatic rings. The number of nitrogens with zero attached hydrogens (tertiary/aromatic N) is 3. The third kappa shape index (κ3) is 12.0. The van der Waals surface area contributed by atoms with Gasteiger partial charge in [0.05, 0.1) is 18.8 Å². The molecule has 216 valence electrons. The first kappa shape index (κ1) is 33.0. The molecule has 3 heterocycles. The molecule has 10 nitrogen and oxygen atoms in total. The number of rotatable bonds is 6. The Kier molecular flexibility index (Phi) is 12.9. The number of likely N-dealkylation sites (tertiary alicyclic amines) is 1. The van der Waals surface area contributed by atoms with E-state index in [4.69, 9.17) is 29.3 Å². The minimum atomic E-state index is -5.08. The Bertz CT molecular complexity index is 876. The first-order chi connectivity index (χ1) is 17.5. The lowest BCUT2D eigenvalue weighted by Gasteiger charge is -2.36. The molecule has 0 saturated carbocycles. The van der Waals surface area contributed by atoms with Gasteiger partial charge >= 0.3 is 24.3 Å². The lowest BCUT2D eigenvalue weighted by molar-refractivity contribution is -0.193. The Balaban J connectivity index is 0.000000426. The lowest BCUT2D eigenvalue weighted by Crippen LogP contribution is -2.43. The summed E-state index contributed by atoms with van der Waals surface area (Å²) in [4.78, 5) is 37.6. The predicted octanol–water partition coefficient (Wildman–Crippen LogP) is 2.57. The Hall–Kier alpha value is -2.98. The number of alkyl halides is 6. The minimum Gasteiger partial charge on any atom is -0.475 e. The zero-order valence-electron chi connectivity index (χ0n) is 20.5. The predicted molar refractivity (Wildman–Crippen MR) is 118 cm³/mol. The molecule has 3 rings (SSSR count). The van der Waals surface area contributed by atoms with E-state index >= 15 is 0 Å². The third-order valence-electron chi connectivity index (χ3n) is 5.37. The molecule has 2 fully saturated rings. The van der Waals surface area contributed by atoms with Gasteiger partial charge in [-0.1, -0.05) is 6.07 Å². The summed E-state index contributed by atoms with van der Waals surface area (Å²) in [5.41, 5.74) is 1.26. The maximum Gasteiger partial charge on any atom is 0.490 e. The van der Waals surface area contributed by atoms with Gasteiger partial charge in [-0.25, -0.2) is 9.59 Å². The van der Waals surface area contributed by atoms with Crippen molar-refractivity contribution in [1.29, 1.82) is 0 Å². The zero-order valence-corrected chi connectivity index (χ0v) is 20.5. The molecule has 1 amide bonds. The number of aromatic nitrogens is 1. The van der Waals surface area contributed by atoms with Crippen LogP contribution in [0.4, 0.5) is 26.3 Å². The van der Waals surface area contributed by atoms with E-state index < -0.39 is 24.3 Å². The molecule has 0 radical (unpaired) electrons. The Labute approximate surface area is 214 Å². The highest BCUT2D eigenvalue weighted by Gasteiger charge is 2.40. The molecule has 0 aromatic carbocycles. The van der Waals surface area contributed by atoms with Crippen molar-refractivity contribution in [3.63, 3.8) is 0 Å². The molecular weight excluding hydrogens is 532 g/mol. The van der Waals surface area contributed by atoms with Crippen LogP contribution in [0.5, 0.6) is 0 Å². The molecule has 1 aromatic rings. The van der Waals surface area contributed by atoms with Crippen molar-refractivity contribution in [2.24, 2.45) is 0 Å². The van der Waals surface area contributed by atoms with Crippen LogP contribution >= 0.6 is 0 Å². The quantitative estimate of drug-likeness (QED) is 0.504. The van der Waals surface area contributed by atoms with Crippen LogP contribution in [0.2, 0.25) is 0 Å². The fourth-order valence-electron chi connectivity index (χ4n) is 3.54.